The Bertz CT molecular complexity index is 836. The maximum absolute atomic E-state index is 13.1. The normalized spacial score (nSPS) is 13.3. The van der Waals surface area contributed by atoms with Crippen LogP contribution < -0.4 is 5.43 Å². The molecule has 1 N–H and O–H groups in total. The summed E-state index contributed by atoms with van der Waals surface area (Å²) in [6, 6.07) is -1.22. The maximum atomic E-state index is 13.1. The van der Waals surface area contributed by atoms with E-state index in [2.05, 4.69) is 36.7 Å². The second-order valence-corrected chi connectivity index (χ2v) is 7.28. The number of hydrogen-bond acceptors (Lipinski definition) is 5. The van der Waals surface area contributed by atoms with Crippen LogP contribution in [0.5, 0.6) is 0 Å². The van der Waals surface area contributed by atoms with E-state index in [0.717, 1.165) is 21.1 Å². The van der Waals surface area contributed by atoms with Gasteiger partial charge in [0.15, 0.2) is 5.69 Å². The van der Waals surface area contributed by atoms with Crippen LogP contribution in [-0.2, 0) is 11.0 Å². The third-order valence-corrected chi connectivity index (χ3v) is 5.20. The quantitative estimate of drug-likeness (QED) is 0.504. The van der Waals surface area contributed by atoms with Gasteiger partial charge in [0.25, 0.3) is 12.3 Å². The summed E-state index contributed by atoms with van der Waals surface area (Å²) in [4.78, 5) is 12.5. The third-order valence-electron chi connectivity index (χ3n) is 3.44. The van der Waals surface area contributed by atoms with Gasteiger partial charge in [0.1, 0.15) is 6.04 Å². The van der Waals surface area contributed by atoms with E-state index < -0.39 is 36.1 Å². The van der Waals surface area contributed by atoms with Crippen molar-refractivity contribution >= 4 is 33.6 Å². The van der Waals surface area contributed by atoms with Crippen molar-refractivity contribution in [3.63, 3.8) is 0 Å². The Morgan fingerprint density at radius 3 is 2.44 bits per heavy atom. The molecule has 2 heterocycles. The predicted octanol–water partition coefficient (Wildman–Crippen LogP) is 3.95. The average molecular weight is 477 g/mol. The molecule has 14 heteroatoms. The van der Waals surface area contributed by atoms with E-state index in [9.17, 15) is 26.7 Å². The topological polar surface area (TPSA) is 77.6 Å². The SMILES string of the molecule is CCSc1nnc(C(F)F)n1NC(=O)C(C)n1nc(C(F)(F)F)c(Br)c1C. The first-order chi connectivity index (χ1) is 12.5. The maximum Gasteiger partial charge on any atom is 0.436 e. The molecule has 2 rings (SSSR count). The Hall–Kier alpha value is -1.70. The van der Waals surface area contributed by atoms with Gasteiger partial charge in [-0.3, -0.25) is 14.9 Å². The molecule has 1 unspecified atom stereocenters. The lowest BCUT2D eigenvalue weighted by molar-refractivity contribution is -0.142. The van der Waals surface area contributed by atoms with Crippen molar-refractivity contribution in [3.8, 4) is 0 Å². The molecule has 0 aliphatic heterocycles. The summed E-state index contributed by atoms with van der Waals surface area (Å²) in [5.74, 6) is -1.16. The lowest BCUT2D eigenvalue weighted by Gasteiger charge is -2.16. The molecule has 0 bridgehead atoms. The van der Waals surface area contributed by atoms with E-state index in [4.69, 9.17) is 0 Å². The second-order valence-electron chi connectivity index (χ2n) is 5.25. The minimum atomic E-state index is -4.72. The number of aromatic nitrogens is 5. The van der Waals surface area contributed by atoms with Gasteiger partial charge >= 0.3 is 6.18 Å². The van der Waals surface area contributed by atoms with Gasteiger partial charge in [-0.05, 0) is 35.5 Å². The minimum Gasteiger partial charge on any atom is -0.271 e. The van der Waals surface area contributed by atoms with Crippen LogP contribution in [0, 0.1) is 6.92 Å². The first kappa shape index (κ1) is 21.6. The van der Waals surface area contributed by atoms with Crippen LogP contribution in [0.25, 0.3) is 0 Å². The second kappa shape index (κ2) is 8.12. The molecule has 0 saturated heterocycles. The van der Waals surface area contributed by atoms with Crippen LogP contribution >= 0.6 is 27.7 Å². The lowest BCUT2D eigenvalue weighted by Crippen LogP contribution is -2.32. The molecule has 2 aromatic heterocycles. The number of thioether (sulfide) groups is 1. The number of nitrogens with one attached hydrogen (secondary N) is 1. The number of nitrogens with zero attached hydrogens (tertiary/aromatic N) is 5. The number of halogens is 6. The Labute approximate surface area is 162 Å². The zero-order chi connectivity index (χ0) is 20.5. The van der Waals surface area contributed by atoms with Gasteiger partial charge < -0.3 is 0 Å². The Balaban J connectivity index is 2.34. The minimum absolute atomic E-state index is 0.0303. The summed E-state index contributed by atoms with van der Waals surface area (Å²) in [7, 11) is 0. The molecule has 0 radical (unpaired) electrons. The van der Waals surface area contributed by atoms with Crippen LogP contribution in [0.4, 0.5) is 22.0 Å². The Morgan fingerprint density at radius 1 is 1.33 bits per heavy atom. The van der Waals surface area contributed by atoms with Gasteiger partial charge in [-0.1, -0.05) is 18.7 Å². The summed E-state index contributed by atoms with van der Waals surface area (Å²) in [5, 5.41) is 10.4. The van der Waals surface area contributed by atoms with Crippen molar-refractivity contribution < 1.29 is 26.7 Å². The predicted molar refractivity (Wildman–Crippen MR) is 90.1 cm³/mol. The van der Waals surface area contributed by atoms with Gasteiger partial charge in [-0.25, -0.2) is 13.5 Å². The van der Waals surface area contributed by atoms with Crippen molar-refractivity contribution in [2.45, 2.75) is 44.6 Å². The molecular weight excluding hydrogens is 463 g/mol. The van der Waals surface area contributed by atoms with Gasteiger partial charge in [0.05, 0.1) is 10.2 Å². The largest absolute Gasteiger partial charge is 0.436 e. The Kier molecular flexibility index (Phi) is 6.50. The van der Waals surface area contributed by atoms with E-state index >= 15 is 0 Å². The zero-order valence-electron chi connectivity index (χ0n) is 14.2. The number of amides is 1. The van der Waals surface area contributed by atoms with Crippen molar-refractivity contribution in [1.29, 1.82) is 0 Å². The highest BCUT2D eigenvalue weighted by molar-refractivity contribution is 9.10. The molecule has 0 fully saturated rings. The first-order valence-electron chi connectivity index (χ1n) is 7.47. The van der Waals surface area contributed by atoms with E-state index in [1.807, 2.05) is 0 Å². The number of carbonyl (C=O) groups is 1. The van der Waals surface area contributed by atoms with Crippen LogP contribution in [0.1, 0.15) is 43.5 Å². The summed E-state index contributed by atoms with van der Waals surface area (Å²) in [5.41, 5.74) is 1.09. The monoisotopic (exact) mass is 476 g/mol. The van der Waals surface area contributed by atoms with E-state index in [1.54, 1.807) is 6.92 Å². The molecule has 2 aromatic rings. The van der Waals surface area contributed by atoms with Crippen molar-refractivity contribution in [2.75, 3.05) is 11.2 Å². The Morgan fingerprint density at radius 2 is 1.96 bits per heavy atom. The first-order valence-corrected chi connectivity index (χ1v) is 9.25. The highest BCUT2D eigenvalue weighted by Gasteiger charge is 2.39. The number of carbonyl (C=O) groups excluding carboxylic acids is 1. The number of alkyl halides is 5. The molecule has 0 aliphatic carbocycles. The molecule has 7 nitrogen and oxygen atoms in total. The van der Waals surface area contributed by atoms with E-state index in [1.165, 1.54) is 13.8 Å². The molecule has 1 atom stereocenters. The van der Waals surface area contributed by atoms with Crippen LogP contribution in [-0.4, -0.2) is 36.3 Å². The highest BCUT2D eigenvalue weighted by Crippen LogP contribution is 2.36. The standard InChI is InChI=1S/C13H14BrF5N6OS/c1-4-27-12-21-20-10(9(15)16)25(12)23-11(26)6(3)24-5(2)7(14)8(22-24)13(17,18)19/h6,9H,4H2,1-3H3,(H,23,26). The van der Waals surface area contributed by atoms with Crippen LogP contribution in [0.15, 0.2) is 9.63 Å². The highest BCUT2D eigenvalue weighted by atomic mass is 79.9. The van der Waals surface area contributed by atoms with Crippen molar-refractivity contribution in [1.82, 2.24) is 24.7 Å². The number of hydrogen-bond donors (Lipinski definition) is 1. The molecule has 0 saturated carbocycles. The molecular formula is C13H14BrF5N6OS. The fourth-order valence-electron chi connectivity index (χ4n) is 2.12. The van der Waals surface area contributed by atoms with E-state index in [0.29, 0.717) is 5.75 Å². The lowest BCUT2D eigenvalue weighted by atomic mass is 10.3. The molecule has 0 aromatic carbocycles. The third kappa shape index (κ3) is 4.42. The smallest absolute Gasteiger partial charge is 0.271 e. The van der Waals surface area contributed by atoms with Crippen LogP contribution in [0.3, 0.4) is 0 Å². The molecule has 0 spiro atoms. The molecule has 0 aliphatic rings. The fourth-order valence-corrected chi connectivity index (χ4v) is 3.23. The van der Waals surface area contributed by atoms with Crippen molar-refractivity contribution in [3.05, 3.63) is 21.7 Å². The molecule has 150 valence electrons. The zero-order valence-corrected chi connectivity index (χ0v) is 16.6. The fraction of sp³-hybridized carbons (Fsp3) is 0.538. The average Bonchev–Trinajstić information content (AvgIpc) is 3.09. The molecule has 1 amide bonds. The van der Waals surface area contributed by atoms with Gasteiger partial charge in [0.2, 0.25) is 11.0 Å². The van der Waals surface area contributed by atoms with Gasteiger partial charge in [0, 0.05) is 0 Å². The van der Waals surface area contributed by atoms with Gasteiger partial charge in [-0.15, -0.1) is 10.2 Å². The van der Waals surface area contributed by atoms with Crippen LogP contribution in [0.2, 0.25) is 0 Å². The summed E-state index contributed by atoms with van der Waals surface area (Å²) >= 11 is 3.88. The molecule has 27 heavy (non-hydrogen) atoms. The van der Waals surface area contributed by atoms with Crippen molar-refractivity contribution in [2.24, 2.45) is 0 Å². The van der Waals surface area contributed by atoms with E-state index in [-0.39, 0.29) is 15.3 Å². The summed E-state index contributed by atoms with van der Waals surface area (Å²) in [6.45, 7) is 4.39. The van der Waals surface area contributed by atoms with Gasteiger partial charge in [-0.2, -0.15) is 18.3 Å². The number of rotatable bonds is 6. The summed E-state index contributed by atoms with van der Waals surface area (Å²) in [6.07, 6.45) is -7.72. The summed E-state index contributed by atoms with van der Waals surface area (Å²) < 4.78 is 66.4.